The maximum atomic E-state index is 13.4. The van der Waals surface area contributed by atoms with Gasteiger partial charge in [-0.1, -0.05) is 6.07 Å². The highest BCUT2D eigenvalue weighted by atomic mass is 19.4. The second-order valence-electron chi connectivity index (χ2n) is 7.55. The summed E-state index contributed by atoms with van der Waals surface area (Å²) in [4.78, 5) is 12.5. The lowest BCUT2D eigenvalue weighted by Gasteiger charge is -2.17. The fraction of sp³-hybridized carbons (Fsp3) is 0.304. The van der Waals surface area contributed by atoms with Gasteiger partial charge in [0.05, 0.1) is 19.4 Å². The zero-order chi connectivity index (χ0) is 24.3. The smallest absolute Gasteiger partial charge is 0.435 e. The Morgan fingerprint density at radius 3 is 2.71 bits per heavy atom. The molecule has 1 unspecified atom stereocenters. The van der Waals surface area contributed by atoms with Gasteiger partial charge in [0.1, 0.15) is 12.4 Å². The summed E-state index contributed by atoms with van der Waals surface area (Å²) >= 11 is 0. The maximum absolute atomic E-state index is 13.4. The van der Waals surface area contributed by atoms with Gasteiger partial charge in [-0.2, -0.15) is 18.3 Å². The Morgan fingerprint density at radius 1 is 1.21 bits per heavy atom. The van der Waals surface area contributed by atoms with Crippen LogP contribution in [0.4, 0.5) is 23.2 Å². The van der Waals surface area contributed by atoms with E-state index in [2.05, 4.69) is 10.4 Å². The van der Waals surface area contributed by atoms with Gasteiger partial charge in [0.2, 0.25) is 5.91 Å². The summed E-state index contributed by atoms with van der Waals surface area (Å²) in [5.74, 6) is -0.565. The number of benzene rings is 2. The van der Waals surface area contributed by atoms with E-state index < -0.39 is 36.4 Å². The predicted octanol–water partition coefficient (Wildman–Crippen LogP) is 4.87. The SMILES string of the molecule is COc1ccc(-c2cc(C(F)(F)F)nn2CC(=O)Nc2cccc(F)c2)cc1OC1CCCO1. The number of methoxy groups -OCH3 is 1. The third-order valence-electron chi connectivity index (χ3n) is 5.08. The molecule has 0 saturated carbocycles. The van der Waals surface area contributed by atoms with Gasteiger partial charge < -0.3 is 19.5 Å². The van der Waals surface area contributed by atoms with Gasteiger partial charge in [-0.3, -0.25) is 9.48 Å². The van der Waals surface area contributed by atoms with Gasteiger partial charge in [0, 0.05) is 17.7 Å². The molecule has 1 amide bonds. The molecule has 0 spiro atoms. The molecule has 180 valence electrons. The van der Waals surface area contributed by atoms with E-state index in [4.69, 9.17) is 14.2 Å². The molecule has 1 aromatic heterocycles. The molecule has 1 aliphatic heterocycles. The highest BCUT2D eigenvalue weighted by Crippen LogP contribution is 2.37. The van der Waals surface area contributed by atoms with Crippen molar-refractivity contribution < 1.29 is 36.6 Å². The highest BCUT2D eigenvalue weighted by Gasteiger charge is 2.35. The number of ether oxygens (including phenoxy) is 3. The average molecular weight is 479 g/mol. The number of carbonyl (C=O) groups is 1. The third kappa shape index (κ3) is 5.48. The molecule has 7 nitrogen and oxygen atoms in total. The normalized spacial score (nSPS) is 15.9. The number of anilines is 1. The average Bonchev–Trinajstić information content (AvgIpc) is 3.43. The largest absolute Gasteiger partial charge is 0.493 e. The van der Waals surface area contributed by atoms with Gasteiger partial charge >= 0.3 is 6.18 Å². The summed E-state index contributed by atoms with van der Waals surface area (Å²) in [6, 6.07) is 10.6. The van der Waals surface area contributed by atoms with E-state index in [0.29, 0.717) is 24.3 Å². The Labute approximate surface area is 192 Å². The van der Waals surface area contributed by atoms with Crippen LogP contribution < -0.4 is 14.8 Å². The van der Waals surface area contributed by atoms with Gasteiger partial charge in [0.25, 0.3) is 0 Å². The van der Waals surface area contributed by atoms with Crippen molar-refractivity contribution in [3.63, 3.8) is 0 Å². The number of nitrogens with zero attached hydrogens (tertiary/aromatic N) is 2. The molecule has 11 heteroatoms. The Morgan fingerprint density at radius 2 is 2.03 bits per heavy atom. The van der Waals surface area contributed by atoms with Crippen LogP contribution >= 0.6 is 0 Å². The van der Waals surface area contributed by atoms with Crippen molar-refractivity contribution in [3.8, 4) is 22.8 Å². The van der Waals surface area contributed by atoms with Gasteiger partial charge in [-0.25, -0.2) is 4.39 Å². The van der Waals surface area contributed by atoms with Crippen molar-refractivity contribution >= 4 is 11.6 Å². The summed E-state index contributed by atoms with van der Waals surface area (Å²) in [6.07, 6.45) is -3.71. The van der Waals surface area contributed by atoms with Crippen molar-refractivity contribution in [3.05, 3.63) is 60.0 Å². The lowest BCUT2D eigenvalue weighted by molar-refractivity contribution is -0.141. The molecule has 1 saturated heterocycles. The number of rotatable bonds is 7. The first-order chi connectivity index (χ1) is 16.2. The highest BCUT2D eigenvalue weighted by molar-refractivity contribution is 5.90. The van der Waals surface area contributed by atoms with Crippen LogP contribution in [0.15, 0.2) is 48.5 Å². The summed E-state index contributed by atoms with van der Waals surface area (Å²) in [7, 11) is 1.44. The van der Waals surface area contributed by atoms with E-state index in [9.17, 15) is 22.4 Å². The molecule has 2 heterocycles. The van der Waals surface area contributed by atoms with Crippen LogP contribution in [0.5, 0.6) is 11.5 Å². The number of alkyl halides is 3. The number of halogens is 4. The topological polar surface area (TPSA) is 74.6 Å². The molecule has 0 bridgehead atoms. The number of nitrogens with one attached hydrogen (secondary N) is 1. The molecular weight excluding hydrogens is 458 g/mol. The van der Waals surface area contributed by atoms with Gasteiger partial charge in [-0.15, -0.1) is 0 Å². The van der Waals surface area contributed by atoms with Crippen molar-refractivity contribution in [1.82, 2.24) is 9.78 Å². The van der Waals surface area contributed by atoms with Crippen LogP contribution in [0.25, 0.3) is 11.3 Å². The molecule has 0 aliphatic carbocycles. The predicted molar refractivity (Wildman–Crippen MR) is 114 cm³/mol. The second kappa shape index (κ2) is 9.72. The summed E-state index contributed by atoms with van der Waals surface area (Å²) in [5, 5.41) is 6.05. The first kappa shape index (κ1) is 23.6. The number of carbonyl (C=O) groups excluding carboxylic acids is 1. The number of amides is 1. The lowest BCUT2D eigenvalue weighted by Crippen LogP contribution is -2.20. The molecule has 1 N–H and O–H groups in total. The van der Waals surface area contributed by atoms with E-state index in [1.165, 1.54) is 31.4 Å². The molecule has 34 heavy (non-hydrogen) atoms. The van der Waals surface area contributed by atoms with Crippen LogP contribution in [-0.2, 0) is 22.3 Å². The number of aromatic nitrogens is 2. The van der Waals surface area contributed by atoms with Crippen molar-refractivity contribution in [2.45, 2.75) is 31.9 Å². The van der Waals surface area contributed by atoms with Gasteiger partial charge in [-0.05, 0) is 48.9 Å². The standard InChI is InChI=1S/C23H21F4N3O4/c1-32-18-8-7-14(10-19(18)34-22-6-3-9-33-22)17-12-20(23(25,26)27)29-30(17)13-21(31)28-16-5-2-4-15(24)11-16/h2,4-5,7-8,10-12,22H,3,6,9,13H2,1H3,(H,28,31). The molecule has 1 atom stereocenters. The minimum atomic E-state index is -4.72. The zero-order valence-corrected chi connectivity index (χ0v) is 18.1. The number of hydrogen-bond donors (Lipinski definition) is 1. The van der Waals surface area contributed by atoms with E-state index in [1.807, 2.05) is 0 Å². The minimum Gasteiger partial charge on any atom is -0.493 e. The Balaban J connectivity index is 1.65. The van der Waals surface area contributed by atoms with Crippen LogP contribution in [-0.4, -0.2) is 35.7 Å². The van der Waals surface area contributed by atoms with E-state index in [-0.39, 0.29) is 17.1 Å². The molecule has 2 aromatic carbocycles. The first-order valence-corrected chi connectivity index (χ1v) is 10.4. The third-order valence-corrected chi connectivity index (χ3v) is 5.08. The number of hydrogen-bond acceptors (Lipinski definition) is 5. The zero-order valence-electron chi connectivity index (χ0n) is 18.1. The lowest BCUT2D eigenvalue weighted by atomic mass is 10.1. The Kier molecular flexibility index (Phi) is 6.73. The van der Waals surface area contributed by atoms with E-state index in [1.54, 1.807) is 12.1 Å². The molecule has 1 aliphatic rings. The summed E-state index contributed by atoms with van der Waals surface area (Å²) < 4.78 is 71.2. The maximum Gasteiger partial charge on any atom is 0.435 e. The quantitative estimate of drug-likeness (QED) is 0.490. The summed E-state index contributed by atoms with van der Waals surface area (Å²) in [6.45, 7) is 0.0185. The molecule has 1 fully saturated rings. The first-order valence-electron chi connectivity index (χ1n) is 10.4. The van der Waals surface area contributed by atoms with Crippen molar-refractivity contribution in [1.29, 1.82) is 0 Å². The molecule has 4 rings (SSSR count). The summed E-state index contributed by atoms with van der Waals surface area (Å²) in [5.41, 5.74) is -0.609. The molecule has 0 radical (unpaired) electrons. The van der Waals surface area contributed by atoms with Crippen molar-refractivity contribution in [2.75, 3.05) is 19.0 Å². The second-order valence-corrected chi connectivity index (χ2v) is 7.55. The Hall–Kier alpha value is -3.60. The van der Waals surface area contributed by atoms with Crippen molar-refractivity contribution in [2.24, 2.45) is 0 Å². The monoisotopic (exact) mass is 479 g/mol. The van der Waals surface area contributed by atoms with Crippen LogP contribution in [0.2, 0.25) is 0 Å². The van der Waals surface area contributed by atoms with E-state index >= 15 is 0 Å². The fourth-order valence-corrected chi connectivity index (χ4v) is 3.52. The van der Waals surface area contributed by atoms with Crippen LogP contribution in [0, 0.1) is 5.82 Å². The van der Waals surface area contributed by atoms with Crippen LogP contribution in [0.1, 0.15) is 18.5 Å². The fourth-order valence-electron chi connectivity index (χ4n) is 3.52. The Bertz CT molecular complexity index is 1170. The molecular formula is C23H21F4N3O4. The van der Waals surface area contributed by atoms with E-state index in [0.717, 1.165) is 23.2 Å². The van der Waals surface area contributed by atoms with Crippen LogP contribution in [0.3, 0.4) is 0 Å². The molecule has 3 aromatic rings. The minimum absolute atomic E-state index is 0.0431. The van der Waals surface area contributed by atoms with Gasteiger partial charge in [0.15, 0.2) is 23.5 Å².